The fourth-order valence-corrected chi connectivity index (χ4v) is 2.05. The predicted octanol–water partition coefficient (Wildman–Crippen LogP) is 0.403. The van der Waals surface area contributed by atoms with E-state index < -0.39 is 6.17 Å². The average Bonchev–Trinajstić information content (AvgIpc) is 2.66. The normalized spacial score (nSPS) is 34.2. The van der Waals surface area contributed by atoms with E-state index in [4.69, 9.17) is 4.74 Å². The quantitative estimate of drug-likeness (QED) is 0.748. The second kappa shape index (κ2) is 6.37. The van der Waals surface area contributed by atoms with E-state index in [0.29, 0.717) is 19.6 Å². The highest BCUT2D eigenvalue weighted by atomic mass is 35.5. The molecule has 0 aromatic heterocycles. The summed E-state index contributed by atoms with van der Waals surface area (Å²) in [6.45, 7) is 1.65. The maximum atomic E-state index is 12.8. The van der Waals surface area contributed by atoms with Crippen LogP contribution in [-0.4, -0.2) is 43.9 Å². The Labute approximate surface area is 101 Å². The molecule has 2 heterocycles. The second-order valence-electron chi connectivity index (χ2n) is 4.22. The van der Waals surface area contributed by atoms with Gasteiger partial charge < -0.3 is 15.4 Å². The summed E-state index contributed by atoms with van der Waals surface area (Å²) in [5.74, 6) is -0.0920. The molecule has 16 heavy (non-hydrogen) atoms. The molecule has 2 aliphatic rings. The summed E-state index contributed by atoms with van der Waals surface area (Å²) >= 11 is 0. The molecule has 4 nitrogen and oxygen atoms in total. The van der Waals surface area contributed by atoms with Crippen LogP contribution in [-0.2, 0) is 9.53 Å². The summed E-state index contributed by atoms with van der Waals surface area (Å²) < 4.78 is 18.1. The van der Waals surface area contributed by atoms with Crippen molar-refractivity contribution in [1.82, 2.24) is 10.6 Å². The van der Waals surface area contributed by atoms with Gasteiger partial charge in [-0.2, -0.15) is 0 Å². The summed E-state index contributed by atoms with van der Waals surface area (Å²) in [5.41, 5.74) is 0. The Bertz CT molecular complexity index is 237. The van der Waals surface area contributed by atoms with Crippen LogP contribution in [0.3, 0.4) is 0 Å². The van der Waals surface area contributed by atoms with Crippen molar-refractivity contribution < 1.29 is 13.9 Å². The van der Waals surface area contributed by atoms with E-state index in [0.717, 1.165) is 19.4 Å². The van der Waals surface area contributed by atoms with Gasteiger partial charge in [0.1, 0.15) is 6.17 Å². The number of carbonyl (C=O) groups is 1. The Hall–Kier alpha value is -0.390. The first-order chi connectivity index (χ1) is 7.25. The van der Waals surface area contributed by atoms with Crippen LogP contribution < -0.4 is 10.6 Å². The van der Waals surface area contributed by atoms with Crippen molar-refractivity contribution in [2.45, 2.75) is 37.5 Å². The molecule has 2 aliphatic heterocycles. The third-order valence-electron chi connectivity index (χ3n) is 2.90. The number of rotatable bonds is 2. The number of hydrogen-bond acceptors (Lipinski definition) is 3. The molecule has 3 atom stereocenters. The number of nitrogens with one attached hydrogen (secondary N) is 2. The Morgan fingerprint density at radius 3 is 2.88 bits per heavy atom. The predicted molar refractivity (Wildman–Crippen MR) is 60.5 cm³/mol. The van der Waals surface area contributed by atoms with Crippen LogP contribution in [0.15, 0.2) is 0 Å². The summed E-state index contributed by atoms with van der Waals surface area (Å²) in [7, 11) is 0. The molecular weight excluding hydrogens is 235 g/mol. The molecule has 0 saturated carbocycles. The van der Waals surface area contributed by atoms with Gasteiger partial charge in [-0.1, -0.05) is 0 Å². The van der Waals surface area contributed by atoms with Gasteiger partial charge in [-0.25, -0.2) is 4.39 Å². The average molecular weight is 253 g/mol. The summed E-state index contributed by atoms with van der Waals surface area (Å²) in [5, 5.41) is 5.76. The van der Waals surface area contributed by atoms with Crippen LogP contribution in [0.25, 0.3) is 0 Å². The minimum atomic E-state index is -0.886. The lowest BCUT2D eigenvalue weighted by Gasteiger charge is -2.24. The van der Waals surface area contributed by atoms with Gasteiger partial charge in [-0.3, -0.25) is 4.79 Å². The smallest absolute Gasteiger partial charge is 0.237 e. The summed E-state index contributed by atoms with van der Waals surface area (Å²) in [6.07, 6.45) is 1.34. The van der Waals surface area contributed by atoms with E-state index in [1.165, 1.54) is 0 Å². The Morgan fingerprint density at radius 1 is 1.50 bits per heavy atom. The molecule has 94 valence electrons. The Kier molecular flexibility index (Phi) is 5.44. The van der Waals surface area contributed by atoms with Gasteiger partial charge in [0.25, 0.3) is 0 Å². The van der Waals surface area contributed by atoms with Crippen LogP contribution in [0, 0.1) is 0 Å². The molecule has 2 saturated heterocycles. The lowest BCUT2D eigenvalue weighted by Crippen LogP contribution is -2.47. The number of hydrogen-bond donors (Lipinski definition) is 2. The molecule has 0 aromatic rings. The minimum absolute atomic E-state index is 0. The molecule has 0 bridgehead atoms. The highest BCUT2D eigenvalue weighted by Crippen LogP contribution is 2.11. The van der Waals surface area contributed by atoms with Gasteiger partial charge in [0, 0.05) is 19.6 Å². The fraction of sp³-hybridized carbons (Fsp3) is 0.900. The first-order valence-electron chi connectivity index (χ1n) is 5.51. The minimum Gasteiger partial charge on any atom is -0.379 e. The Morgan fingerprint density at radius 2 is 2.31 bits per heavy atom. The number of amides is 1. The number of ether oxygens (including phenoxy) is 1. The molecule has 2 fully saturated rings. The maximum absolute atomic E-state index is 12.8. The number of halogens is 2. The molecule has 1 unspecified atom stereocenters. The third kappa shape index (κ3) is 3.57. The van der Waals surface area contributed by atoms with Crippen molar-refractivity contribution in [3.05, 3.63) is 0 Å². The second-order valence-corrected chi connectivity index (χ2v) is 4.22. The summed E-state index contributed by atoms with van der Waals surface area (Å²) in [4.78, 5) is 11.7. The van der Waals surface area contributed by atoms with Crippen LogP contribution >= 0.6 is 12.4 Å². The van der Waals surface area contributed by atoms with Crippen LogP contribution in [0.1, 0.15) is 19.3 Å². The molecule has 0 aromatic carbocycles. The van der Waals surface area contributed by atoms with Crippen molar-refractivity contribution in [3.63, 3.8) is 0 Å². The van der Waals surface area contributed by atoms with E-state index >= 15 is 0 Å². The van der Waals surface area contributed by atoms with Crippen molar-refractivity contribution in [2.75, 3.05) is 19.8 Å². The molecule has 0 spiro atoms. The molecule has 2 N–H and O–H groups in total. The fourth-order valence-electron chi connectivity index (χ4n) is 2.05. The molecular formula is C10H18ClFN2O2. The van der Waals surface area contributed by atoms with E-state index in [9.17, 15) is 9.18 Å². The van der Waals surface area contributed by atoms with Crippen LogP contribution in [0.2, 0.25) is 0 Å². The number of alkyl halides is 1. The zero-order valence-corrected chi connectivity index (χ0v) is 9.89. The van der Waals surface area contributed by atoms with Gasteiger partial charge in [-0.15, -0.1) is 12.4 Å². The first-order valence-corrected chi connectivity index (χ1v) is 5.51. The van der Waals surface area contributed by atoms with E-state index in [2.05, 4.69) is 10.6 Å². The standard InChI is InChI=1S/C10H17FN2O2.ClH/c11-7-4-9(12-5-7)10(14)13-8-2-1-3-15-6-8;/h7-9,12H,1-6H2,(H,13,14);1H/t7-,8?,9+;/m0./s1. The van der Waals surface area contributed by atoms with Crippen molar-refractivity contribution >= 4 is 18.3 Å². The SMILES string of the molecule is Cl.O=C(NC1CCCOC1)[C@H]1C[C@H](F)CN1. The zero-order valence-electron chi connectivity index (χ0n) is 9.08. The van der Waals surface area contributed by atoms with E-state index in [1.807, 2.05) is 0 Å². The largest absolute Gasteiger partial charge is 0.379 e. The van der Waals surface area contributed by atoms with Gasteiger partial charge in [0.15, 0.2) is 0 Å². The topological polar surface area (TPSA) is 50.4 Å². The van der Waals surface area contributed by atoms with Crippen LogP contribution in [0.5, 0.6) is 0 Å². The van der Waals surface area contributed by atoms with Gasteiger partial charge in [0.2, 0.25) is 5.91 Å². The van der Waals surface area contributed by atoms with Crippen molar-refractivity contribution in [2.24, 2.45) is 0 Å². The van der Waals surface area contributed by atoms with Gasteiger partial charge >= 0.3 is 0 Å². The number of carbonyl (C=O) groups excluding carboxylic acids is 1. The highest BCUT2D eigenvalue weighted by molar-refractivity contribution is 5.85. The van der Waals surface area contributed by atoms with E-state index in [1.54, 1.807) is 0 Å². The molecule has 0 radical (unpaired) electrons. The van der Waals surface area contributed by atoms with Gasteiger partial charge in [0.05, 0.1) is 18.7 Å². The molecule has 0 aliphatic carbocycles. The zero-order chi connectivity index (χ0) is 10.7. The maximum Gasteiger partial charge on any atom is 0.237 e. The highest BCUT2D eigenvalue weighted by Gasteiger charge is 2.30. The van der Waals surface area contributed by atoms with Crippen LogP contribution in [0.4, 0.5) is 4.39 Å². The first kappa shape index (κ1) is 13.7. The lowest BCUT2D eigenvalue weighted by molar-refractivity contribution is -0.124. The molecule has 2 rings (SSSR count). The summed E-state index contributed by atoms with van der Waals surface area (Å²) in [6, 6.07) is -0.256. The molecule has 6 heteroatoms. The van der Waals surface area contributed by atoms with Crippen molar-refractivity contribution in [1.29, 1.82) is 0 Å². The van der Waals surface area contributed by atoms with Crippen molar-refractivity contribution in [3.8, 4) is 0 Å². The Balaban J connectivity index is 0.00000128. The monoisotopic (exact) mass is 252 g/mol. The van der Waals surface area contributed by atoms with Gasteiger partial charge in [-0.05, 0) is 12.8 Å². The lowest BCUT2D eigenvalue weighted by atomic mass is 10.1. The van der Waals surface area contributed by atoms with E-state index in [-0.39, 0.29) is 30.4 Å². The third-order valence-corrected chi connectivity index (χ3v) is 2.90. The molecule has 1 amide bonds.